The van der Waals surface area contributed by atoms with Crippen molar-refractivity contribution in [2.24, 2.45) is 10.9 Å². The minimum absolute atomic E-state index is 0.261. The number of amidine groups is 1. The molecule has 0 spiro atoms. The van der Waals surface area contributed by atoms with E-state index in [-0.39, 0.29) is 5.84 Å². The Labute approximate surface area is 71.8 Å². The molecule has 1 heterocycles. The van der Waals surface area contributed by atoms with E-state index in [0.29, 0.717) is 6.54 Å². The van der Waals surface area contributed by atoms with E-state index in [4.69, 9.17) is 15.7 Å². The minimum atomic E-state index is 0.261. The fourth-order valence-corrected chi connectivity index (χ4v) is 1.22. The highest BCUT2D eigenvalue weighted by atomic mass is 16.5. The molecule has 1 aliphatic heterocycles. The largest absolute Gasteiger partial charge is 0.409 e. The van der Waals surface area contributed by atoms with Gasteiger partial charge < -0.3 is 15.7 Å². The Morgan fingerprint density at radius 1 is 1.50 bits per heavy atom. The molecule has 0 aromatic rings. The van der Waals surface area contributed by atoms with Gasteiger partial charge in [-0.25, -0.2) is 0 Å². The Balaban J connectivity index is 2.29. The van der Waals surface area contributed by atoms with E-state index in [1.807, 2.05) is 0 Å². The number of nitrogens with two attached hydrogens (primary N) is 1. The molecule has 1 fully saturated rings. The second kappa shape index (κ2) is 4.95. The van der Waals surface area contributed by atoms with Gasteiger partial charge in [-0.15, -0.1) is 0 Å². The molecule has 1 rings (SSSR count). The van der Waals surface area contributed by atoms with Gasteiger partial charge in [0.25, 0.3) is 0 Å². The van der Waals surface area contributed by atoms with E-state index in [1.165, 1.54) is 0 Å². The van der Waals surface area contributed by atoms with Crippen LogP contribution in [0.5, 0.6) is 0 Å². The van der Waals surface area contributed by atoms with Crippen LogP contribution in [0.15, 0.2) is 5.16 Å². The lowest BCUT2D eigenvalue weighted by Gasteiger charge is -2.17. The van der Waals surface area contributed by atoms with Crippen LogP contribution in [-0.4, -0.2) is 48.8 Å². The fraction of sp³-hybridized carbons (Fsp3) is 0.857. The highest BCUT2D eigenvalue weighted by Crippen LogP contribution is 1.97. The first kappa shape index (κ1) is 9.28. The normalized spacial score (nSPS) is 22.2. The summed E-state index contributed by atoms with van der Waals surface area (Å²) in [5.41, 5.74) is 5.37. The van der Waals surface area contributed by atoms with Gasteiger partial charge in [0.1, 0.15) is 0 Å². The summed E-state index contributed by atoms with van der Waals surface area (Å²) in [5.74, 6) is 0.261. The van der Waals surface area contributed by atoms with Crippen LogP contribution in [0.1, 0.15) is 6.42 Å². The average molecular weight is 173 g/mol. The van der Waals surface area contributed by atoms with Crippen molar-refractivity contribution in [3.05, 3.63) is 0 Å². The van der Waals surface area contributed by atoms with Crippen LogP contribution >= 0.6 is 0 Å². The smallest absolute Gasteiger partial charge is 0.153 e. The summed E-state index contributed by atoms with van der Waals surface area (Å²) in [6.45, 7) is 3.89. The second-order valence-corrected chi connectivity index (χ2v) is 2.83. The molecule has 0 aromatic carbocycles. The van der Waals surface area contributed by atoms with Gasteiger partial charge >= 0.3 is 0 Å². The number of hydrogen-bond acceptors (Lipinski definition) is 4. The van der Waals surface area contributed by atoms with Gasteiger partial charge in [-0.1, -0.05) is 5.16 Å². The fourth-order valence-electron chi connectivity index (χ4n) is 1.22. The van der Waals surface area contributed by atoms with E-state index in [2.05, 4.69) is 10.1 Å². The monoisotopic (exact) mass is 173 g/mol. The topological polar surface area (TPSA) is 71.1 Å². The molecule has 5 nitrogen and oxygen atoms in total. The van der Waals surface area contributed by atoms with Crippen LogP contribution in [0.4, 0.5) is 0 Å². The Morgan fingerprint density at radius 3 is 3.08 bits per heavy atom. The Hall–Kier alpha value is -0.810. The van der Waals surface area contributed by atoms with Crippen molar-refractivity contribution in [2.45, 2.75) is 6.42 Å². The lowest BCUT2D eigenvalue weighted by Crippen LogP contribution is -2.35. The van der Waals surface area contributed by atoms with Gasteiger partial charge in [0, 0.05) is 19.7 Å². The Morgan fingerprint density at radius 2 is 2.33 bits per heavy atom. The third-order valence-electron chi connectivity index (χ3n) is 1.83. The van der Waals surface area contributed by atoms with E-state index in [0.717, 1.165) is 32.7 Å². The van der Waals surface area contributed by atoms with Crippen molar-refractivity contribution in [2.75, 3.05) is 32.8 Å². The summed E-state index contributed by atoms with van der Waals surface area (Å²) in [7, 11) is 0. The number of rotatable bonds is 2. The number of ether oxygens (including phenoxy) is 1. The molecule has 5 heteroatoms. The molecule has 12 heavy (non-hydrogen) atoms. The van der Waals surface area contributed by atoms with Crippen LogP contribution in [0, 0.1) is 0 Å². The molecule has 0 radical (unpaired) electrons. The van der Waals surface area contributed by atoms with Crippen molar-refractivity contribution in [3.8, 4) is 0 Å². The molecule has 1 saturated heterocycles. The first-order valence-corrected chi connectivity index (χ1v) is 4.09. The van der Waals surface area contributed by atoms with Crippen LogP contribution in [0.3, 0.4) is 0 Å². The van der Waals surface area contributed by atoms with E-state index in [1.54, 1.807) is 0 Å². The summed E-state index contributed by atoms with van der Waals surface area (Å²) in [5, 5.41) is 11.3. The number of oxime groups is 1. The molecule has 0 bridgehead atoms. The zero-order chi connectivity index (χ0) is 8.81. The van der Waals surface area contributed by atoms with Gasteiger partial charge in [0.2, 0.25) is 0 Å². The van der Waals surface area contributed by atoms with Crippen LogP contribution < -0.4 is 5.73 Å². The summed E-state index contributed by atoms with van der Waals surface area (Å²) in [6.07, 6.45) is 1.01. The molecule has 0 saturated carbocycles. The molecule has 70 valence electrons. The highest BCUT2D eigenvalue weighted by Gasteiger charge is 2.09. The molecular formula is C7H15N3O2. The van der Waals surface area contributed by atoms with E-state index < -0.39 is 0 Å². The van der Waals surface area contributed by atoms with Crippen LogP contribution in [-0.2, 0) is 4.74 Å². The predicted octanol–water partition coefficient (Wildman–Crippen LogP) is -0.545. The van der Waals surface area contributed by atoms with Crippen molar-refractivity contribution in [1.29, 1.82) is 0 Å². The summed E-state index contributed by atoms with van der Waals surface area (Å²) < 4.78 is 5.26. The molecule has 0 atom stereocenters. The predicted molar refractivity (Wildman–Crippen MR) is 45.3 cm³/mol. The maximum atomic E-state index is 8.34. The molecular weight excluding hydrogens is 158 g/mol. The van der Waals surface area contributed by atoms with Crippen molar-refractivity contribution in [1.82, 2.24) is 4.90 Å². The lowest BCUT2D eigenvalue weighted by molar-refractivity contribution is 0.143. The van der Waals surface area contributed by atoms with E-state index >= 15 is 0 Å². The molecule has 0 aromatic heterocycles. The van der Waals surface area contributed by atoms with Crippen LogP contribution in [0.2, 0.25) is 0 Å². The third kappa shape index (κ3) is 3.06. The Bertz CT molecular complexity index is 153. The minimum Gasteiger partial charge on any atom is -0.409 e. The Kier molecular flexibility index (Phi) is 3.83. The van der Waals surface area contributed by atoms with Gasteiger partial charge in [-0.05, 0) is 6.42 Å². The van der Waals surface area contributed by atoms with Gasteiger partial charge in [-0.2, -0.15) is 0 Å². The van der Waals surface area contributed by atoms with Crippen LogP contribution in [0.25, 0.3) is 0 Å². The summed E-state index contributed by atoms with van der Waals surface area (Å²) in [6, 6.07) is 0. The number of nitrogens with zero attached hydrogens (tertiary/aromatic N) is 2. The summed E-state index contributed by atoms with van der Waals surface area (Å²) in [4.78, 5) is 2.11. The third-order valence-corrected chi connectivity index (χ3v) is 1.83. The summed E-state index contributed by atoms with van der Waals surface area (Å²) >= 11 is 0. The first-order valence-electron chi connectivity index (χ1n) is 4.09. The van der Waals surface area contributed by atoms with Crippen molar-refractivity contribution in [3.63, 3.8) is 0 Å². The second-order valence-electron chi connectivity index (χ2n) is 2.83. The van der Waals surface area contributed by atoms with Gasteiger partial charge in [-0.3, -0.25) is 4.90 Å². The maximum absolute atomic E-state index is 8.34. The average Bonchev–Trinajstić information content (AvgIpc) is 2.33. The van der Waals surface area contributed by atoms with Gasteiger partial charge in [0.15, 0.2) is 5.84 Å². The molecule has 0 aliphatic carbocycles. The highest BCUT2D eigenvalue weighted by molar-refractivity contribution is 5.81. The quantitative estimate of drug-likeness (QED) is 0.254. The zero-order valence-electron chi connectivity index (χ0n) is 7.07. The molecule has 0 unspecified atom stereocenters. The molecule has 3 N–H and O–H groups in total. The molecule has 1 aliphatic rings. The number of hydrogen-bond donors (Lipinski definition) is 2. The van der Waals surface area contributed by atoms with Gasteiger partial charge in [0.05, 0.1) is 13.2 Å². The molecule has 0 amide bonds. The van der Waals surface area contributed by atoms with Crippen molar-refractivity contribution >= 4 is 5.84 Å². The first-order chi connectivity index (χ1) is 5.83. The van der Waals surface area contributed by atoms with Crippen molar-refractivity contribution < 1.29 is 9.94 Å². The van der Waals surface area contributed by atoms with E-state index in [9.17, 15) is 0 Å². The zero-order valence-corrected chi connectivity index (χ0v) is 7.07. The lowest BCUT2D eigenvalue weighted by atomic mass is 10.4. The maximum Gasteiger partial charge on any atom is 0.153 e. The standard InChI is InChI=1S/C7H15N3O2/c8-7(9-11)6-10-2-1-4-12-5-3-10/h11H,1-6H2,(H2,8,9). The SMILES string of the molecule is N/C(CN1CCCOCC1)=N\O.